The molecule has 4 unspecified atom stereocenters. The van der Waals surface area contributed by atoms with Crippen LogP contribution in [0.5, 0.6) is 0 Å². The molecule has 0 aromatic heterocycles. The van der Waals surface area contributed by atoms with Crippen molar-refractivity contribution in [3.63, 3.8) is 0 Å². The summed E-state index contributed by atoms with van der Waals surface area (Å²) in [6.45, 7) is 2.53. The van der Waals surface area contributed by atoms with Gasteiger partial charge in [0.05, 0.1) is 19.8 Å². The van der Waals surface area contributed by atoms with E-state index in [1.165, 1.54) is 64.2 Å². The Morgan fingerprint density at radius 1 is 0.525 bits per heavy atom. The van der Waals surface area contributed by atoms with Crippen LogP contribution in [0.4, 0.5) is 0 Å². The molecule has 0 amide bonds. The number of carbonyl (C=O) groups is 2. The minimum absolute atomic E-state index is 0.168. The van der Waals surface area contributed by atoms with Crippen LogP contribution in [0, 0.1) is 0 Å². The minimum atomic E-state index is -1.76. The lowest BCUT2D eigenvalue weighted by atomic mass is 9.98. The van der Waals surface area contributed by atoms with Gasteiger partial charge in [-0.1, -0.05) is 122 Å². The number of aliphatic hydroxyl groups excluding tert-OH is 7. The molecule has 0 bridgehead atoms. The Bertz CT molecular complexity index is 1090. The van der Waals surface area contributed by atoms with E-state index in [9.17, 15) is 45.3 Å². The SMILES string of the molecule is CCCCC/C=C/CCCCCCCC(=O)OC[C@H](CO[C@@H]1O[C@H](CO[C@@H]2O[C@H](CO)[C@H](O)C(O)C2O)[C@H](O)C(O)C1O)OC(=O)CCCCCCCCCCCCC. The van der Waals surface area contributed by atoms with Crippen molar-refractivity contribution in [1.82, 2.24) is 0 Å². The summed E-state index contributed by atoms with van der Waals surface area (Å²) >= 11 is 0. The lowest BCUT2D eigenvalue weighted by molar-refractivity contribution is -0.332. The molecule has 2 aliphatic heterocycles. The first-order valence-corrected chi connectivity index (χ1v) is 22.8. The number of hydrogen-bond donors (Lipinski definition) is 7. The van der Waals surface area contributed by atoms with Gasteiger partial charge in [-0.05, 0) is 38.5 Å². The molecule has 0 radical (unpaired) electrons. The summed E-state index contributed by atoms with van der Waals surface area (Å²) in [5.74, 6) is -0.933. The molecule has 2 fully saturated rings. The molecule has 7 N–H and O–H groups in total. The third kappa shape index (κ3) is 22.2. The predicted octanol–water partition coefficient (Wildman–Crippen LogP) is 4.65. The normalized spacial score (nSPS) is 27.9. The lowest BCUT2D eigenvalue weighted by Crippen LogP contribution is -2.61. The zero-order chi connectivity index (χ0) is 43.3. The van der Waals surface area contributed by atoms with E-state index in [4.69, 9.17) is 28.4 Å². The molecule has 0 saturated carbocycles. The number of esters is 2. The lowest BCUT2D eigenvalue weighted by Gasteiger charge is -2.42. The second-order valence-electron chi connectivity index (χ2n) is 16.2. The van der Waals surface area contributed by atoms with E-state index in [0.717, 1.165) is 57.8 Å². The van der Waals surface area contributed by atoms with Gasteiger partial charge in [0.25, 0.3) is 0 Å². The van der Waals surface area contributed by atoms with Crippen molar-refractivity contribution in [2.45, 2.75) is 229 Å². The van der Waals surface area contributed by atoms with Gasteiger partial charge in [0, 0.05) is 12.8 Å². The molecule has 2 aliphatic rings. The first kappa shape index (κ1) is 53.4. The smallest absolute Gasteiger partial charge is 0.306 e. The van der Waals surface area contributed by atoms with Crippen molar-refractivity contribution in [2.24, 2.45) is 0 Å². The summed E-state index contributed by atoms with van der Waals surface area (Å²) in [5, 5.41) is 71.8. The monoisotopic (exact) mass is 849 g/mol. The van der Waals surface area contributed by atoms with Crippen LogP contribution in [0.2, 0.25) is 0 Å². The highest BCUT2D eigenvalue weighted by Gasteiger charge is 2.47. The number of unbranched alkanes of at least 4 members (excludes halogenated alkanes) is 18. The summed E-state index contributed by atoms with van der Waals surface area (Å²) in [6, 6.07) is 0. The zero-order valence-corrected chi connectivity index (χ0v) is 36.0. The zero-order valence-electron chi connectivity index (χ0n) is 36.0. The summed E-state index contributed by atoms with van der Waals surface area (Å²) in [7, 11) is 0. The second kappa shape index (κ2) is 32.9. The van der Waals surface area contributed by atoms with Crippen LogP contribution in [-0.2, 0) is 38.0 Å². The minimum Gasteiger partial charge on any atom is -0.462 e. The number of carbonyl (C=O) groups excluding carboxylic acids is 2. The Labute approximate surface area is 352 Å². The molecule has 2 rings (SSSR count). The number of hydrogen-bond acceptors (Lipinski definition) is 15. The fraction of sp³-hybridized carbons (Fsp3) is 0.909. The van der Waals surface area contributed by atoms with Crippen LogP contribution in [0.25, 0.3) is 0 Å². The van der Waals surface area contributed by atoms with E-state index in [1.807, 2.05) is 0 Å². The maximum atomic E-state index is 12.9. The molecule has 0 aromatic rings. The molecule has 15 heteroatoms. The number of ether oxygens (including phenoxy) is 6. The van der Waals surface area contributed by atoms with Crippen molar-refractivity contribution in [2.75, 3.05) is 26.4 Å². The first-order valence-electron chi connectivity index (χ1n) is 22.8. The van der Waals surface area contributed by atoms with Gasteiger partial charge in [-0.2, -0.15) is 0 Å². The van der Waals surface area contributed by atoms with Crippen LogP contribution >= 0.6 is 0 Å². The van der Waals surface area contributed by atoms with Crippen molar-refractivity contribution in [3.05, 3.63) is 12.2 Å². The average molecular weight is 849 g/mol. The highest BCUT2D eigenvalue weighted by molar-refractivity contribution is 5.70. The molecule has 346 valence electrons. The molecular weight excluding hydrogens is 768 g/mol. The molecular formula is C44H80O15. The molecule has 0 aromatic carbocycles. The Hall–Kier alpha value is -1.76. The maximum absolute atomic E-state index is 12.9. The first-order chi connectivity index (χ1) is 28.5. The van der Waals surface area contributed by atoms with Crippen molar-refractivity contribution >= 4 is 11.9 Å². The van der Waals surface area contributed by atoms with Gasteiger partial charge in [-0.3, -0.25) is 9.59 Å². The summed E-state index contributed by atoms with van der Waals surface area (Å²) in [5.41, 5.74) is 0. The average Bonchev–Trinajstić information content (AvgIpc) is 3.23. The Balaban J connectivity index is 1.86. The Morgan fingerprint density at radius 3 is 1.53 bits per heavy atom. The number of aliphatic hydroxyl groups is 7. The van der Waals surface area contributed by atoms with Gasteiger partial charge in [-0.15, -0.1) is 0 Å². The van der Waals surface area contributed by atoms with E-state index >= 15 is 0 Å². The highest BCUT2D eigenvalue weighted by Crippen LogP contribution is 2.26. The summed E-state index contributed by atoms with van der Waals surface area (Å²) < 4.78 is 33.4. The van der Waals surface area contributed by atoms with Gasteiger partial charge in [0.15, 0.2) is 18.7 Å². The molecule has 2 saturated heterocycles. The number of allylic oxidation sites excluding steroid dienone is 2. The van der Waals surface area contributed by atoms with Gasteiger partial charge >= 0.3 is 11.9 Å². The molecule has 0 spiro atoms. The van der Waals surface area contributed by atoms with Crippen molar-refractivity contribution in [3.8, 4) is 0 Å². The fourth-order valence-corrected chi connectivity index (χ4v) is 7.15. The Morgan fingerprint density at radius 2 is 0.966 bits per heavy atom. The fourth-order valence-electron chi connectivity index (χ4n) is 7.15. The molecule has 15 nitrogen and oxygen atoms in total. The number of rotatable bonds is 34. The van der Waals surface area contributed by atoms with Crippen LogP contribution in [-0.4, -0.2) is 142 Å². The summed E-state index contributed by atoms with van der Waals surface area (Å²) in [6.07, 6.45) is 11.2. The predicted molar refractivity (Wildman–Crippen MR) is 220 cm³/mol. The van der Waals surface area contributed by atoms with E-state index < -0.39 is 92.7 Å². The van der Waals surface area contributed by atoms with E-state index in [1.54, 1.807) is 0 Å². The van der Waals surface area contributed by atoms with E-state index in [-0.39, 0.29) is 26.1 Å². The van der Waals surface area contributed by atoms with Crippen LogP contribution < -0.4 is 0 Å². The topological polar surface area (TPSA) is 231 Å². The van der Waals surface area contributed by atoms with Crippen molar-refractivity contribution < 1.29 is 73.8 Å². The maximum Gasteiger partial charge on any atom is 0.306 e. The van der Waals surface area contributed by atoms with Crippen LogP contribution in [0.3, 0.4) is 0 Å². The van der Waals surface area contributed by atoms with Gasteiger partial charge < -0.3 is 64.2 Å². The third-order valence-corrected chi connectivity index (χ3v) is 11.0. The quantitative estimate of drug-likeness (QED) is 0.0266. The highest BCUT2D eigenvalue weighted by atomic mass is 16.7. The molecule has 11 atom stereocenters. The molecule has 0 aliphatic carbocycles. The second-order valence-corrected chi connectivity index (χ2v) is 16.2. The van der Waals surface area contributed by atoms with Gasteiger partial charge in [0.2, 0.25) is 0 Å². The van der Waals surface area contributed by atoms with Crippen LogP contribution in [0.1, 0.15) is 162 Å². The van der Waals surface area contributed by atoms with E-state index in [0.29, 0.717) is 12.8 Å². The standard InChI is InChI=1S/C44H80O15/c1-3-5-7-9-11-13-15-17-18-20-22-24-26-35(46)54-29-32(57-36(47)27-25-23-21-19-16-14-12-10-8-6-4-2)30-55-43-42(53)40(51)38(49)34(59-43)31-56-44-41(52)39(50)37(48)33(28-45)58-44/h11,13,32-34,37-45,48-53H,3-10,12,14-31H2,1-2H3/b13-11+/t32-,33-,34-,37+,38+,39?,40?,41?,42?,43-,44-/m1/s1. The largest absolute Gasteiger partial charge is 0.462 e. The molecule has 2 heterocycles. The van der Waals surface area contributed by atoms with Gasteiger partial charge in [0.1, 0.15) is 55.4 Å². The third-order valence-electron chi connectivity index (χ3n) is 11.0. The van der Waals surface area contributed by atoms with Crippen molar-refractivity contribution in [1.29, 1.82) is 0 Å². The Kier molecular flexibility index (Phi) is 29.8. The summed E-state index contributed by atoms with van der Waals surface area (Å²) in [4.78, 5) is 25.6. The van der Waals surface area contributed by atoms with E-state index in [2.05, 4.69) is 26.0 Å². The molecule has 59 heavy (non-hydrogen) atoms. The van der Waals surface area contributed by atoms with Gasteiger partial charge in [-0.25, -0.2) is 0 Å². The van der Waals surface area contributed by atoms with Crippen LogP contribution in [0.15, 0.2) is 12.2 Å².